The van der Waals surface area contributed by atoms with Crippen LogP contribution in [-0.4, -0.2) is 9.97 Å². The Hall–Kier alpha value is -1.81. The first kappa shape index (κ1) is 13.6. The lowest BCUT2D eigenvalue weighted by atomic mass is 10.2. The van der Waals surface area contributed by atoms with Gasteiger partial charge in [0.05, 0.1) is 0 Å². The summed E-state index contributed by atoms with van der Waals surface area (Å²) < 4.78 is 0. The SMILES string of the molecule is CCCc1cc(=O)[nH]c(Nc2ccc(Cl)cc2C)n1. The van der Waals surface area contributed by atoms with Crippen LogP contribution in [0.3, 0.4) is 0 Å². The normalized spacial score (nSPS) is 10.5. The van der Waals surface area contributed by atoms with Gasteiger partial charge in [0.15, 0.2) is 0 Å². The number of aryl methyl sites for hydroxylation is 2. The molecular formula is C14H16ClN3O. The number of hydrogen-bond acceptors (Lipinski definition) is 3. The molecule has 1 aromatic carbocycles. The van der Waals surface area contributed by atoms with Crippen molar-refractivity contribution in [1.29, 1.82) is 0 Å². The van der Waals surface area contributed by atoms with Gasteiger partial charge in [-0.1, -0.05) is 24.9 Å². The van der Waals surface area contributed by atoms with Gasteiger partial charge in [-0.2, -0.15) is 0 Å². The lowest BCUT2D eigenvalue weighted by Gasteiger charge is -2.09. The first-order valence-corrected chi connectivity index (χ1v) is 6.59. The molecule has 4 nitrogen and oxygen atoms in total. The molecule has 1 heterocycles. The zero-order valence-electron chi connectivity index (χ0n) is 11.0. The van der Waals surface area contributed by atoms with Crippen molar-refractivity contribution in [3.63, 3.8) is 0 Å². The average Bonchev–Trinajstić information content (AvgIpc) is 2.32. The number of hydrogen-bond donors (Lipinski definition) is 2. The molecule has 0 bridgehead atoms. The summed E-state index contributed by atoms with van der Waals surface area (Å²) in [6.45, 7) is 4.00. The molecular weight excluding hydrogens is 262 g/mol. The first-order chi connectivity index (χ1) is 9.08. The molecule has 5 heteroatoms. The number of nitrogens with zero attached hydrogens (tertiary/aromatic N) is 1. The number of nitrogens with one attached hydrogen (secondary N) is 2. The van der Waals surface area contributed by atoms with E-state index >= 15 is 0 Å². The molecule has 100 valence electrons. The Morgan fingerprint density at radius 2 is 2.16 bits per heavy atom. The standard InChI is InChI=1S/C14H16ClN3O/c1-3-4-11-8-13(19)18-14(16-11)17-12-6-5-10(15)7-9(12)2/h5-8H,3-4H2,1-2H3,(H2,16,17,18,19). The lowest BCUT2D eigenvalue weighted by Crippen LogP contribution is -2.12. The Labute approximate surface area is 116 Å². The molecule has 0 aliphatic rings. The zero-order valence-corrected chi connectivity index (χ0v) is 11.7. The van der Waals surface area contributed by atoms with Crippen LogP contribution < -0.4 is 10.9 Å². The Balaban J connectivity index is 2.30. The number of aromatic amines is 1. The van der Waals surface area contributed by atoms with Crippen LogP contribution in [0.25, 0.3) is 0 Å². The maximum Gasteiger partial charge on any atom is 0.252 e. The molecule has 19 heavy (non-hydrogen) atoms. The third-order valence-corrected chi connectivity index (χ3v) is 2.98. The molecule has 2 rings (SSSR count). The van der Waals surface area contributed by atoms with E-state index in [9.17, 15) is 4.79 Å². The molecule has 2 aromatic rings. The van der Waals surface area contributed by atoms with E-state index < -0.39 is 0 Å². The average molecular weight is 278 g/mol. The van der Waals surface area contributed by atoms with Crippen LogP contribution in [-0.2, 0) is 6.42 Å². The van der Waals surface area contributed by atoms with Gasteiger partial charge in [0.1, 0.15) is 0 Å². The fraction of sp³-hybridized carbons (Fsp3) is 0.286. The van der Waals surface area contributed by atoms with E-state index in [0.29, 0.717) is 11.0 Å². The van der Waals surface area contributed by atoms with Crippen molar-refractivity contribution in [2.75, 3.05) is 5.32 Å². The summed E-state index contributed by atoms with van der Waals surface area (Å²) >= 11 is 5.91. The Bertz CT molecular complexity index is 637. The molecule has 1 aromatic heterocycles. The summed E-state index contributed by atoms with van der Waals surface area (Å²) in [5, 5.41) is 3.80. The zero-order chi connectivity index (χ0) is 13.8. The maximum absolute atomic E-state index is 11.6. The summed E-state index contributed by atoms with van der Waals surface area (Å²) in [6.07, 6.45) is 1.74. The van der Waals surface area contributed by atoms with E-state index in [1.54, 1.807) is 6.07 Å². The van der Waals surface area contributed by atoms with Gasteiger partial charge in [-0.3, -0.25) is 9.78 Å². The van der Waals surface area contributed by atoms with E-state index in [-0.39, 0.29) is 5.56 Å². The van der Waals surface area contributed by atoms with Crippen molar-refractivity contribution in [3.05, 3.63) is 50.9 Å². The van der Waals surface area contributed by atoms with E-state index in [1.165, 1.54) is 6.07 Å². The highest BCUT2D eigenvalue weighted by molar-refractivity contribution is 6.30. The monoisotopic (exact) mass is 277 g/mol. The van der Waals surface area contributed by atoms with Crippen molar-refractivity contribution in [2.45, 2.75) is 26.7 Å². The largest absolute Gasteiger partial charge is 0.325 e. The topological polar surface area (TPSA) is 57.8 Å². The minimum atomic E-state index is -0.146. The minimum absolute atomic E-state index is 0.146. The third-order valence-electron chi connectivity index (χ3n) is 2.74. The highest BCUT2D eigenvalue weighted by atomic mass is 35.5. The molecule has 0 aliphatic carbocycles. The van der Waals surface area contributed by atoms with Crippen LogP contribution in [0, 0.1) is 6.92 Å². The number of anilines is 2. The maximum atomic E-state index is 11.6. The van der Waals surface area contributed by atoms with Crippen LogP contribution in [0.2, 0.25) is 5.02 Å². The first-order valence-electron chi connectivity index (χ1n) is 6.22. The van der Waals surface area contributed by atoms with Gasteiger partial charge in [0.2, 0.25) is 5.95 Å². The van der Waals surface area contributed by atoms with Gasteiger partial charge < -0.3 is 5.32 Å². The molecule has 0 spiro atoms. The van der Waals surface area contributed by atoms with Crippen LogP contribution in [0.4, 0.5) is 11.6 Å². The number of benzene rings is 1. The number of rotatable bonds is 4. The fourth-order valence-corrected chi connectivity index (χ4v) is 2.07. The molecule has 0 fully saturated rings. The van der Waals surface area contributed by atoms with Crippen molar-refractivity contribution in [3.8, 4) is 0 Å². The second-order valence-electron chi connectivity index (χ2n) is 4.42. The van der Waals surface area contributed by atoms with Gasteiger partial charge >= 0.3 is 0 Å². The van der Waals surface area contributed by atoms with Gasteiger partial charge in [-0.25, -0.2) is 4.98 Å². The van der Waals surface area contributed by atoms with E-state index in [0.717, 1.165) is 29.8 Å². The van der Waals surface area contributed by atoms with E-state index in [4.69, 9.17) is 11.6 Å². The molecule has 0 radical (unpaired) electrons. The van der Waals surface area contributed by atoms with Crippen LogP contribution in [0.15, 0.2) is 29.1 Å². The number of aromatic nitrogens is 2. The van der Waals surface area contributed by atoms with Gasteiger partial charge in [-0.15, -0.1) is 0 Å². The lowest BCUT2D eigenvalue weighted by molar-refractivity contribution is 0.870. The van der Waals surface area contributed by atoms with Crippen molar-refractivity contribution < 1.29 is 0 Å². The predicted octanol–water partition coefficient (Wildman–Crippen LogP) is 3.43. The van der Waals surface area contributed by atoms with Crippen molar-refractivity contribution >= 4 is 23.2 Å². The van der Waals surface area contributed by atoms with Gasteiger partial charge in [-0.05, 0) is 37.1 Å². The van der Waals surface area contributed by atoms with Gasteiger partial charge in [0.25, 0.3) is 5.56 Å². The minimum Gasteiger partial charge on any atom is -0.325 e. The second kappa shape index (κ2) is 5.89. The van der Waals surface area contributed by atoms with Crippen LogP contribution in [0.5, 0.6) is 0 Å². The summed E-state index contributed by atoms with van der Waals surface area (Å²) in [7, 11) is 0. The second-order valence-corrected chi connectivity index (χ2v) is 4.86. The smallest absolute Gasteiger partial charge is 0.252 e. The van der Waals surface area contributed by atoms with E-state index in [1.807, 2.05) is 19.1 Å². The quantitative estimate of drug-likeness (QED) is 0.900. The summed E-state index contributed by atoms with van der Waals surface area (Å²) in [5.41, 5.74) is 2.52. The van der Waals surface area contributed by atoms with E-state index in [2.05, 4.69) is 22.2 Å². The number of H-pyrrole nitrogens is 1. The van der Waals surface area contributed by atoms with Crippen molar-refractivity contribution in [2.24, 2.45) is 0 Å². The number of halogens is 1. The molecule has 2 N–H and O–H groups in total. The molecule has 0 unspecified atom stereocenters. The third kappa shape index (κ3) is 3.58. The highest BCUT2D eigenvalue weighted by Crippen LogP contribution is 2.21. The van der Waals surface area contributed by atoms with Crippen molar-refractivity contribution in [1.82, 2.24) is 9.97 Å². The summed E-state index contributed by atoms with van der Waals surface area (Å²) in [4.78, 5) is 18.6. The highest BCUT2D eigenvalue weighted by Gasteiger charge is 2.04. The molecule has 0 aliphatic heterocycles. The van der Waals surface area contributed by atoms with Crippen LogP contribution in [0.1, 0.15) is 24.6 Å². The fourth-order valence-electron chi connectivity index (χ4n) is 1.85. The summed E-state index contributed by atoms with van der Waals surface area (Å²) in [5.74, 6) is 0.460. The molecule has 0 amide bonds. The Kier molecular flexibility index (Phi) is 4.22. The molecule has 0 atom stereocenters. The predicted molar refractivity (Wildman–Crippen MR) is 78.3 cm³/mol. The summed E-state index contributed by atoms with van der Waals surface area (Å²) in [6, 6.07) is 7.05. The Morgan fingerprint density at radius 1 is 1.37 bits per heavy atom. The Morgan fingerprint density at radius 3 is 2.84 bits per heavy atom. The van der Waals surface area contributed by atoms with Crippen LogP contribution >= 0.6 is 11.6 Å². The van der Waals surface area contributed by atoms with Gasteiger partial charge in [0, 0.05) is 22.5 Å². The molecule has 0 saturated carbocycles. The molecule has 0 saturated heterocycles.